The van der Waals surface area contributed by atoms with Gasteiger partial charge in [0.25, 0.3) is 0 Å². The van der Waals surface area contributed by atoms with Crippen molar-refractivity contribution in [1.29, 1.82) is 0 Å². The number of rotatable bonds is 8. The number of likely N-dealkylation sites (tertiary alicyclic amines) is 1. The first-order valence-electron chi connectivity index (χ1n) is 18.5. The summed E-state index contributed by atoms with van der Waals surface area (Å²) in [6, 6.07) is 23.5. The number of pyridine rings is 1. The average molecular weight is 836 g/mol. The van der Waals surface area contributed by atoms with Gasteiger partial charge in [0.1, 0.15) is 5.60 Å². The molecule has 0 amide bonds. The predicted octanol–water partition coefficient (Wildman–Crippen LogP) is 8.86. The number of halogens is 3. The Morgan fingerprint density at radius 2 is 1.78 bits per heavy atom. The molecule has 54 heavy (non-hydrogen) atoms. The van der Waals surface area contributed by atoms with Crippen LogP contribution in [0, 0.1) is 5.92 Å². The molecule has 8 nitrogen and oxygen atoms in total. The molecule has 1 aliphatic carbocycles. The first-order chi connectivity index (χ1) is 25.6. The number of aryl methyl sites for hydroxylation is 3. The van der Waals surface area contributed by atoms with Gasteiger partial charge in [0.05, 0.1) is 12.2 Å². The van der Waals surface area contributed by atoms with Crippen molar-refractivity contribution in [2.75, 3.05) is 59.4 Å². The zero-order chi connectivity index (χ0) is 37.3. The summed E-state index contributed by atoms with van der Waals surface area (Å²) in [5.74, 6) is -0.174. The maximum atomic E-state index is 12.5. The molecular formula is C43H50BrCl2N5O3. The molecule has 286 valence electrons. The van der Waals surface area contributed by atoms with Crippen LogP contribution < -0.4 is 4.90 Å². The maximum absolute atomic E-state index is 12.5. The Kier molecular flexibility index (Phi) is 12.8. The van der Waals surface area contributed by atoms with E-state index in [1.807, 2.05) is 13.2 Å². The number of benzene rings is 3. The molecule has 2 aromatic heterocycles. The van der Waals surface area contributed by atoms with E-state index < -0.39 is 5.60 Å². The minimum atomic E-state index is -0.421. The van der Waals surface area contributed by atoms with Gasteiger partial charge < -0.3 is 23.8 Å². The lowest BCUT2D eigenvalue weighted by molar-refractivity contribution is -0.131. The lowest BCUT2D eigenvalue weighted by Gasteiger charge is -2.53. The lowest BCUT2D eigenvalue weighted by atomic mass is 9.69. The molecule has 4 heterocycles. The van der Waals surface area contributed by atoms with Crippen LogP contribution >= 0.6 is 39.9 Å². The molecule has 8 rings (SSSR count). The van der Waals surface area contributed by atoms with E-state index in [2.05, 4.69) is 129 Å². The number of hydrogen-bond donors (Lipinski definition) is 0. The number of hydrogen-bond acceptors (Lipinski definition) is 7. The Hall–Kier alpha value is -3.44. The molecule has 3 atom stereocenters. The third kappa shape index (κ3) is 8.08. The van der Waals surface area contributed by atoms with E-state index in [-0.39, 0.29) is 30.3 Å². The van der Waals surface area contributed by atoms with Crippen LogP contribution in [0.4, 0.5) is 11.4 Å². The van der Waals surface area contributed by atoms with Crippen molar-refractivity contribution < 1.29 is 14.3 Å². The van der Waals surface area contributed by atoms with Crippen LogP contribution in [0.1, 0.15) is 45.5 Å². The summed E-state index contributed by atoms with van der Waals surface area (Å²) in [5, 5.41) is 2.13. The van der Waals surface area contributed by atoms with Gasteiger partial charge in [-0.05, 0) is 128 Å². The molecule has 0 saturated carbocycles. The second kappa shape index (κ2) is 17.1. The van der Waals surface area contributed by atoms with Gasteiger partial charge in [-0.1, -0.05) is 48.0 Å². The highest BCUT2D eigenvalue weighted by atomic mass is 79.9. The van der Waals surface area contributed by atoms with Crippen LogP contribution in [-0.4, -0.2) is 85.9 Å². The molecule has 5 aromatic rings. The third-order valence-electron chi connectivity index (χ3n) is 11.2. The van der Waals surface area contributed by atoms with Crippen LogP contribution in [0.15, 0.2) is 89.8 Å². The van der Waals surface area contributed by atoms with Gasteiger partial charge in [-0.3, -0.25) is 9.88 Å². The highest BCUT2D eigenvalue weighted by Crippen LogP contribution is 2.49. The van der Waals surface area contributed by atoms with E-state index in [4.69, 9.17) is 21.1 Å². The molecule has 3 aliphatic rings. The summed E-state index contributed by atoms with van der Waals surface area (Å²) in [6.07, 6.45) is 10.5. The molecule has 3 aromatic carbocycles. The summed E-state index contributed by atoms with van der Waals surface area (Å²) in [7, 11) is 10.3. The van der Waals surface area contributed by atoms with Crippen LogP contribution in [0.5, 0.6) is 0 Å². The fourth-order valence-corrected chi connectivity index (χ4v) is 9.33. The van der Waals surface area contributed by atoms with Gasteiger partial charge >= 0.3 is 5.97 Å². The SMILES string of the molecule is CN(C)CCCN1c2ccccc2CCc2ccc(Cl)cc21.COC12CC(COC(=O)c3cncc(Br)c3)CN(C)C1Cc1cn(C)c3cccc2c13.Cl. The molecule has 0 radical (unpaired) electrons. The van der Waals surface area contributed by atoms with Crippen molar-refractivity contribution in [3.8, 4) is 0 Å². The largest absolute Gasteiger partial charge is 0.462 e. The van der Waals surface area contributed by atoms with E-state index in [9.17, 15) is 4.79 Å². The van der Waals surface area contributed by atoms with E-state index >= 15 is 0 Å². The van der Waals surface area contributed by atoms with E-state index in [0.717, 1.165) is 61.2 Å². The number of esters is 1. The topological polar surface area (TPSA) is 63.1 Å². The van der Waals surface area contributed by atoms with Gasteiger partial charge in [0.15, 0.2) is 0 Å². The van der Waals surface area contributed by atoms with Gasteiger partial charge in [-0.25, -0.2) is 4.79 Å². The zero-order valence-corrected chi connectivity index (χ0v) is 34.9. The number of para-hydroxylation sites is 1. The number of carbonyl (C=O) groups is 1. The normalized spacial score (nSPS) is 20.2. The number of methoxy groups -OCH3 is 1. The van der Waals surface area contributed by atoms with Crippen LogP contribution in [0.25, 0.3) is 10.9 Å². The van der Waals surface area contributed by atoms with Crippen molar-refractivity contribution in [1.82, 2.24) is 19.4 Å². The van der Waals surface area contributed by atoms with Crippen LogP contribution in [0.2, 0.25) is 5.02 Å². The number of anilines is 2. The Bertz CT molecular complexity index is 2110. The van der Waals surface area contributed by atoms with Crippen molar-refractivity contribution in [2.45, 2.75) is 43.7 Å². The number of likely N-dealkylation sites (N-methyl/N-ethyl adjacent to an activating group) is 1. The quantitative estimate of drug-likeness (QED) is 0.145. The number of aromatic nitrogens is 2. The highest BCUT2D eigenvalue weighted by molar-refractivity contribution is 9.10. The number of fused-ring (bicyclic) bond motifs is 4. The number of piperidine rings is 1. The van der Waals surface area contributed by atoms with Gasteiger partial charge in [-0.2, -0.15) is 0 Å². The Morgan fingerprint density at radius 1 is 1.00 bits per heavy atom. The van der Waals surface area contributed by atoms with Crippen molar-refractivity contribution in [3.63, 3.8) is 0 Å². The van der Waals surface area contributed by atoms with Gasteiger partial charge in [0, 0.05) is 89.6 Å². The monoisotopic (exact) mass is 833 g/mol. The first-order valence-corrected chi connectivity index (χ1v) is 19.6. The molecule has 1 saturated heterocycles. The Labute approximate surface area is 338 Å². The van der Waals surface area contributed by atoms with E-state index in [0.29, 0.717) is 12.2 Å². The highest BCUT2D eigenvalue weighted by Gasteiger charge is 2.52. The fraction of sp³-hybridized carbons (Fsp3) is 0.395. The first kappa shape index (κ1) is 40.2. The van der Waals surface area contributed by atoms with E-state index in [1.165, 1.54) is 50.7 Å². The fourth-order valence-electron chi connectivity index (χ4n) is 8.80. The minimum Gasteiger partial charge on any atom is -0.462 e. The number of ether oxygens (including phenoxy) is 2. The molecule has 0 bridgehead atoms. The molecule has 0 spiro atoms. The zero-order valence-electron chi connectivity index (χ0n) is 31.7. The molecule has 2 aliphatic heterocycles. The summed E-state index contributed by atoms with van der Waals surface area (Å²) >= 11 is 9.63. The third-order valence-corrected chi connectivity index (χ3v) is 11.9. The maximum Gasteiger partial charge on any atom is 0.339 e. The summed E-state index contributed by atoms with van der Waals surface area (Å²) in [4.78, 5) is 23.7. The average Bonchev–Trinajstić information content (AvgIpc) is 3.39. The minimum absolute atomic E-state index is 0. The Balaban J connectivity index is 0.000000191. The Morgan fingerprint density at radius 3 is 2.54 bits per heavy atom. The predicted molar refractivity (Wildman–Crippen MR) is 225 cm³/mol. The molecule has 3 unspecified atom stereocenters. The van der Waals surface area contributed by atoms with Crippen molar-refractivity contribution in [2.24, 2.45) is 13.0 Å². The van der Waals surface area contributed by atoms with Crippen molar-refractivity contribution in [3.05, 3.63) is 123 Å². The lowest BCUT2D eigenvalue weighted by Crippen LogP contribution is -2.59. The molecule has 0 N–H and O–H groups in total. The standard InChI is InChI=1S/C24H26BrN3O3.C19H23ClN2.ClH/c1-27-13-17-8-21-24(30-3,19-5-4-6-20(27)22(17)19)9-15(12-28(21)2)14-31-23(29)16-7-18(25)11-26-10-16;1-21(2)12-5-13-22-18-7-4-3-6-15(18)8-9-16-10-11-17(20)14-19(16)22;/h4-7,10-11,13,15,21H,8-9,12,14H2,1-3H3;3-4,6-7,10-11,14H,5,8-9,12-13H2,1-2H3;1H. The second-order valence-electron chi connectivity index (χ2n) is 15.0. The van der Waals surface area contributed by atoms with Crippen molar-refractivity contribution >= 4 is 68.2 Å². The molecule has 1 fully saturated rings. The van der Waals surface area contributed by atoms with Gasteiger partial charge in [0.2, 0.25) is 0 Å². The van der Waals surface area contributed by atoms with Gasteiger partial charge in [-0.15, -0.1) is 12.4 Å². The number of nitrogens with zero attached hydrogens (tertiary/aromatic N) is 5. The second-order valence-corrected chi connectivity index (χ2v) is 16.3. The van der Waals surface area contributed by atoms with Crippen LogP contribution in [-0.2, 0) is 41.4 Å². The number of carbonyl (C=O) groups excluding carboxylic acids is 1. The van der Waals surface area contributed by atoms with E-state index in [1.54, 1.807) is 12.3 Å². The van der Waals surface area contributed by atoms with Crippen LogP contribution in [0.3, 0.4) is 0 Å². The summed E-state index contributed by atoms with van der Waals surface area (Å²) in [6.45, 7) is 3.32. The molecule has 11 heteroatoms. The summed E-state index contributed by atoms with van der Waals surface area (Å²) < 4.78 is 15.0. The molecular weight excluding hydrogens is 785 g/mol. The summed E-state index contributed by atoms with van der Waals surface area (Å²) in [5.41, 5.74) is 9.33. The smallest absolute Gasteiger partial charge is 0.339 e.